The number of rotatable bonds is 7. The number of benzene rings is 2. The molecule has 26 heavy (non-hydrogen) atoms. The van der Waals surface area contributed by atoms with Crippen LogP contribution >= 0.6 is 23.2 Å². The summed E-state index contributed by atoms with van der Waals surface area (Å²) in [6.07, 6.45) is 1.85. The Morgan fingerprint density at radius 3 is 2.62 bits per heavy atom. The molecule has 0 aliphatic heterocycles. The average molecular weight is 390 g/mol. The number of halogens is 2. The summed E-state index contributed by atoms with van der Waals surface area (Å²) in [5.41, 5.74) is 1.04. The van der Waals surface area contributed by atoms with Gasteiger partial charge < -0.3 is 10.1 Å². The van der Waals surface area contributed by atoms with E-state index in [1.807, 2.05) is 36.4 Å². The van der Waals surface area contributed by atoms with Gasteiger partial charge in [-0.1, -0.05) is 47.5 Å². The highest BCUT2D eigenvalue weighted by atomic mass is 35.5. The van der Waals surface area contributed by atoms with E-state index in [4.69, 9.17) is 27.9 Å². The summed E-state index contributed by atoms with van der Waals surface area (Å²) in [5, 5.41) is 8.30. The van der Waals surface area contributed by atoms with Gasteiger partial charge in [-0.2, -0.15) is 5.10 Å². The molecule has 0 aliphatic carbocycles. The lowest BCUT2D eigenvalue weighted by atomic mass is 10.2. The standard InChI is InChI=1S/C19H17Cl2N3O2/c20-15-7-5-14(6-8-15)13-24-18(9-11-22-24)23-19(25)10-12-26-17-4-2-1-3-16(17)21/h1-9,11H,10,12-13H2,(H,23,25). The third-order valence-electron chi connectivity index (χ3n) is 3.65. The van der Waals surface area contributed by atoms with Crippen LogP contribution in [0, 0.1) is 0 Å². The fraction of sp³-hybridized carbons (Fsp3) is 0.158. The molecule has 1 aromatic heterocycles. The molecule has 1 amide bonds. The monoisotopic (exact) mass is 389 g/mol. The van der Waals surface area contributed by atoms with Crippen molar-refractivity contribution in [2.24, 2.45) is 0 Å². The SMILES string of the molecule is O=C(CCOc1ccccc1Cl)Nc1ccnn1Cc1ccc(Cl)cc1. The summed E-state index contributed by atoms with van der Waals surface area (Å²) < 4.78 is 7.25. The second-order valence-corrected chi connectivity index (χ2v) is 6.42. The second kappa shape index (κ2) is 8.74. The molecule has 0 spiro atoms. The number of hydrogen-bond acceptors (Lipinski definition) is 3. The van der Waals surface area contributed by atoms with Crippen LogP contribution in [0.1, 0.15) is 12.0 Å². The maximum absolute atomic E-state index is 12.2. The molecule has 1 heterocycles. The molecule has 0 aliphatic rings. The van der Waals surface area contributed by atoms with E-state index in [1.165, 1.54) is 0 Å². The minimum atomic E-state index is -0.157. The first-order valence-electron chi connectivity index (χ1n) is 8.05. The number of aromatic nitrogens is 2. The van der Waals surface area contributed by atoms with E-state index in [1.54, 1.807) is 29.1 Å². The Balaban J connectivity index is 1.52. The van der Waals surface area contributed by atoms with Crippen molar-refractivity contribution < 1.29 is 9.53 Å². The Morgan fingerprint density at radius 1 is 1.08 bits per heavy atom. The van der Waals surface area contributed by atoms with Gasteiger partial charge in [0.25, 0.3) is 0 Å². The Hall–Kier alpha value is -2.50. The van der Waals surface area contributed by atoms with Crippen LogP contribution < -0.4 is 10.1 Å². The van der Waals surface area contributed by atoms with E-state index < -0.39 is 0 Å². The summed E-state index contributed by atoms with van der Waals surface area (Å²) in [6, 6.07) is 16.4. The normalized spacial score (nSPS) is 10.5. The lowest BCUT2D eigenvalue weighted by Gasteiger charge is -2.10. The van der Waals surface area contributed by atoms with Crippen molar-refractivity contribution in [1.82, 2.24) is 9.78 Å². The van der Waals surface area contributed by atoms with E-state index in [0.717, 1.165) is 5.56 Å². The van der Waals surface area contributed by atoms with Crippen LogP contribution in [-0.4, -0.2) is 22.3 Å². The molecule has 0 bridgehead atoms. The number of para-hydroxylation sites is 1. The highest BCUT2D eigenvalue weighted by molar-refractivity contribution is 6.32. The molecule has 2 aromatic carbocycles. The van der Waals surface area contributed by atoms with Crippen molar-refractivity contribution >= 4 is 34.9 Å². The van der Waals surface area contributed by atoms with Gasteiger partial charge in [0.2, 0.25) is 5.91 Å². The second-order valence-electron chi connectivity index (χ2n) is 5.58. The van der Waals surface area contributed by atoms with E-state index in [2.05, 4.69) is 10.4 Å². The predicted octanol–water partition coefficient (Wildman–Crippen LogP) is 4.65. The van der Waals surface area contributed by atoms with Crippen LogP contribution in [0.2, 0.25) is 10.0 Å². The molecule has 0 saturated heterocycles. The number of carbonyl (C=O) groups is 1. The molecule has 3 rings (SSSR count). The fourth-order valence-corrected chi connectivity index (χ4v) is 2.66. The molecular formula is C19H17Cl2N3O2. The van der Waals surface area contributed by atoms with Gasteiger partial charge in [-0.25, -0.2) is 4.68 Å². The Morgan fingerprint density at radius 2 is 1.85 bits per heavy atom. The van der Waals surface area contributed by atoms with Crippen LogP contribution in [0.3, 0.4) is 0 Å². The van der Waals surface area contributed by atoms with Crippen molar-refractivity contribution in [1.29, 1.82) is 0 Å². The summed E-state index contributed by atoms with van der Waals surface area (Å²) >= 11 is 11.9. The number of amides is 1. The smallest absolute Gasteiger partial charge is 0.228 e. The molecule has 0 radical (unpaired) electrons. The number of nitrogens with zero attached hydrogens (tertiary/aromatic N) is 2. The Bertz CT molecular complexity index is 879. The van der Waals surface area contributed by atoms with Gasteiger partial charge in [-0.3, -0.25) is 4.79 Å². The molecule has 1 N–H and O–H groups in total. The number of anilines is 1. The Labute approximate surface area is 161 Å². The minimum absolute atomic E-state index is 0.157. The van der Waals surface area contributed by atoms with Crippen LogP contribution in [0.5, 0.6) is 5.75 Å². The van der Waals surface area contributed by atoms with Crippen LogP contribution in [-0.2, 0) is 11.3 Å². The van der Waals surface area contributed by atoms with Gasteiger partial charge >= 0.3 is 0 Å². The van der Waals surface area contributed by atoms with Crippen molar-refractivity contribution in [3.8, 4) is 5.75 Å². The van der Waals surface area contributed by atoms with Crippen molar-refractivity contribution in [2.45, 2.75) is 13.0 Å². The lowest BCUT2D eigenvalue weighted by Crippen LogP contribution is -2.18. The molecule has 0 saturated carbocycles. The topological polar surface area (TPSA) is 56.1 Å². The van der Waals surface area contributed by atoms with Gasteiger partial charge in [0, 0.05) is 11.1 Å². The highest BCUT2D eigenvalue weighted by Crippen LogP contribution is 2.23. The van der Waals surface area contributed by atoms with Gasteiger partial charge in [0.05, 0.1) is 30.8 Å². The van der Waals surface area contributed by atoms with E-state index >= 15 is 0 Å². The molecule has 134 valence electrons. The maximum Gasteiger partial charge on any atom is 0.228 e. The lowest BCUT2D eigenvalue weighted by molar-refractivity contribution is -0.116. The molecule has 3 aromatic rings. The largest absolute Gasteiger partial charge is 0.491 e. The third-order valence-corrected chi connectivity index (χ3v) is 4.22. The van der Waals surface area contributed by atoms with Crippen molar-refractivity contribution in [2.75, 3.05) is 11.9 Å². The van der Waals surface area contributed by atoms with E-state index in [-0.39, 0.29) is 18.9 Å². The minimum Gasteiger partial charge on any atom is -0.491 e. The zero-order chi connectivity index (χ0) is 18.4. The predicted molar refractivity (Wildman–Crippen MR) is 103 cm³/mol. The van der Waals surface area contributed by atoms with Gasteiger partial charge in [0.15, 0.2) is 0 Å². The van der Waals surface area contributed by atoms with Crippen LogP contribution in [0.4, 0.5) is 5.82 Å². The summed E-state index contributed by atoms with van der Waals surface area (Å²) in [5.74, 6) is 1.03. The first kappa shape index (κ1) is 18.3. The van der Waals surface area contributed by atoms with E-state index in [9.17, 15) is 4.79 Å². The zero-order valence-corrected chi connectivity index (χ0v) is 15.4. The Kier molecular flexibility index (Phi) is 6.15. The van der Waals surface area contributed by atoms with Gasteiger partial charge in [-0.15, -0.1) is 0 Å². The number of carbonyl (C=O) groups excluding carboxylic acids is 1. The molecule has 7 heteroatoms. The van der Waals surface area contributed by atoms with Gasteiger partial charge in [0.1, 0.15) is 11.6 Å². The summed E-state index contributed by atoms with van der Waals surface area (Å²) in [4.78, 5) is 12.2. The quantitative estimate of drug-likeness (QED) is 0.639. The van der Waals surface area contributed by atoms with Crippen LogP contribution in [0.25, 0.3) is 0 Å². The van der Waals surface area contributed by atoms with Crippen LogP contribution in [0.15, 0.2) is 60.8 Å². The average Bonchev–Trinajstić information content (AvgIpc) is 3.05. The third kappa shape index (κ3) is 5.00. The maximum atomic E-state index is 12.2. The van der Waals surface area contributed by atoms with E-state index in [0.29, 0.717) is 28.2 Å². The summed E-state index contributed by atoms with van der Waals surface area (Å²) in [6.45, 7) is 0.775. The highest BCUT2D eigenvalue weighted by Gasteiger charge is 2.09. The number of hydrogen-bond donors (Lipinski definition) is 1. The molecule has 0 unspecified atom stereocenters. The summed E-state index contributed by atoms with van der Waals surface area (Å²) in [7, 11) is 0. The van der Waals surface area contributed by atoms with Crippen molar-refractivity contribution in [3.05, 3.63) is 76.4 Å². The molecule has 5 nitrogen and oxygen atoms in total. The van der Waals surface area contributed by atoms with Gasteiger partial charge in [-0.05, 0) is 29.8 Å². The molecule has 0 atom stereocenters. The number of ether oxygens (including phenoxy) is 1. The first-order valence-corrected chi connectivity index (χ1v) is 8.81. The zero-order valence-electron chi connectivity index (χ0n) is 13.9. The fourth-order valence-electron chi connectivity index (χ4n) is 2.35. The molecule has 0 fully saturated rings. The molecular weight excluding hydrogens is 373 g/mol. The van der Waals surface area contributed by atoms with Crippen molar-refractivity contribution in [3.63, 3.8) is 0 Å². The number of nitrogens with one attached hydrogen (secondary N) is 1. The first-order chi connectivity index (χ1) is 12.6.